The molecule has 204 valence electrons. The zero-order chi connectivity index (χ0) is 28.1. The maximum atomic E-state index is 13.7. The van der Waals surface area contributed by atoms with Gasteiger partial charge in [-0.15, -0.1) is 0 Å². The van der Waals surface area contributed by atoms with Crippen LogP contribution in [0.4, 0.5) is 17.1 Å². The van der Waals surface area contributed by atoms with Gasteiger partial charge in [-0.2, -0.15) is 0 Å². The molecule has 0 aliphatic carbocycles. The SMILES string of the molecule is O=C(c1ccc(N(Cc2ccccc2)S(=O)(=O)c2ccc([N+](=O)[O-])cc2)cc1)N1CCN(c2ccccc2)CC1. The third-order valence-electron chi connectivity index (χ3n) is 6.90. The normalized spacial score (nSPS) is 13.6. The van der Waals surface area contributed by atoms with Crippen molar-refractivity contribution >= 4 is 33.0 Å². The summed E-state index contributed by atoms with van der Waals surface area (Å²) in [7, 11) is -4.07. The molecule has 0 radical (unpaired) electrons. The van der Waals surface area contributed by atoms with Crippen molar-refractivity contribution in [2.24, 2.45) is 0 Å². The summed E-state index contributed by atoms with van der Waals surface area (Å²) >= 11 is 0. The van der Waals surface area contributed by atoms with Gasteiger partial charge in [0, 0.05) is 49.6 Å². The van der Waals surface area contributed by atoms with Crippen molar-refractivity contribution in [3.63, 3.8) is 0 Å². The molecular formula is C30H28N4O5S. The van der Waals surface area contributed by atoms with Crippen molar-refractivity contribution in [1.29, 1.82) is 0 Å². The molecule has 0 saturated carbocycles. The Morgan fingerprint density at radius 2 is 1.35 bits per heavy atom. The van der Waals surface area contributed by atoms with Gasteiger partial charge in [0.05, 0.1) is 22.1 Å². The van der Waals surface area contributed by atoms with Gasteiger partial charge >= 0.3 is 0 Å². The van der Waals surface area contributed by atoms with Gasteiger partial charge < -0.3 is 9.80 Å². The highest BCUT2D eigenvalue weighted by molar-refractivity contribution is 7.92. The van der Waals surface area contributed by atoms with Crippen molar-refractivity contribution in [3.8, 4) is 0 Å². The number of nitro groups is 1. The summed E-state index contributed by atoms with van der Waals surface area (Å²) < 4.78 is 28.7. The number of nitrogens with zero attached hydrogens (tertiary/aromatic N) is 4. The van der Waals surface area contributed by atoms with Crippen LogP contribution in [0, 0.1) is 10.1 Å². The van der Waals surface area contributed by atoms with Crippen molar-refractivity contribution < 1.29 is 18.1 Å². The fraction of sp³-hybridized carbons (Fsp3) is 0.167. The van der Waals surface area contributed by atoms with Gasteiger partial charge in [-0.3, -0.25) is 19.2 Å². The Bertz CT molecular complexity index is 1570. The van der Waals surface area contributed by atoms with Crippen LogP contribution >= 0.6 is 0 Å². The number of amides is 1. The summed E-state index contributed by atoms with van der Waals surface area (Å²) in [6.45, 7) is 2.68. The first kappa shape index (κ1) is 26.9. The molecule has 9 nitrogen and oxygen atoms in total. The van der Waals surface area contributed by atoms with E-state index in [4.69, 9.17) is 0 Å². The Hall–Kier alpha value is -4.70. The van der Waals surface area contributed by atoms with Gasteiger partial charge in [-0.05, 0) is 54.1 Å². The smallest absolute Gasteiger partial charge is 0.269 e. The van der Waals surface area contributed by atoms with E-state index in [9.17, 15) is 23.3 Å². The molecule has 1 aliphatic heterocycles. The van der Waals surface area contributed by atoms with Gasteiger partial charge in [-0.1, -0.05) is 48.5 Å². The first-order valence-electron chi connectivity index (χ1n) is 12.8. The first-order chi connectivity index (χ1) is 19.3. The van der Waals surface area contributed by atoms with E-state index in [2.05, 4.69) is 17.0 Å². The largest absolute Gasteiger partial charge is 0.368 e. The molecule has 4 aromatic carbocycles. The number of para-hydroxylation sites is 1. The van der Waals surface area contributed by atoms with E-state index in [1.54, 1.807) is 24.3 Å². The van der Waals surface area contributed by atoms with E-state index in [1.165, 1.54) is 28.6 Å². The number of non-ortho nitro benzene ring substituents is 1. The number of nitro benzene ring substituents is 1. The predicted octanol–water partition coefficient (Wildman–Crippen LogP) is 4.95. The third-order valence-corrected chi connectivity index (χ3v) is 8.68. The number of piperazine rings is 1. The van der Waals surface area contributed by atoms with Crippen LogP contribution in [0.25, 0.3) is 0 Å². The average Bonchev–Trinajstić information content (AvgIpc) is 3.00. The molecule has 0 aromatic heterocycles. The topological polar surface area (TPSA) is 104 Å². The van der Waals surface area contributed by atoms with Gasteiger partial charge in [0.25, 0.3) is 21.6 Å². The lowest BCUT2D eigenvalue weighted by Gasteiger charge is -2.36. The molecule has 1 heterocycles. The van der Waals surface area contributed by atoms with Gasteiger partial charge in [-0.25, -0.2) is 8.42 Å². The summed E-state index contributed by atoms with van der Waals surface area (Å²) in [5.41, 5.74) is 2.56. The number of anilines is 2. The lowest BCUT2D eigenvalue weighted by atomic mass is 10.1. The van der Waals surface area contributed by atoms with Crippen LogP contribution in [0.15, 0.2) is 114 Å². The summed E-state index contributed by atoms with van der Waals surface area (Å²) in [5, 5.41) is 11.1. The molecule has 1 fully saturated rings. The van der Waals surface area contributed by atoms with Crippen LogP contribution in [0.2, 0.25) is 0 Å². The van der Waals surface area contributed by atoms with E-state index in [-0.39, 0.29) is 23.0 Å². The van der Waals surface area contributed by atoms with E-state index < -0.39 is 14.9 Å². The number of hydrogen-bond donors (Lipinski definition) is 0. The number of benzene rings is 4. The number of carbonyl (C=O) groups is 1. The van der Waals surface area contributed by atoms with Gasteiger partial charge in [0.2, 0.25) is 0 Å². The monoisotopic (exact) mass is 556 g/mol. The minimum Gasteiger partial charge on any atom is -0.368 e. The second-order valence-corrected chi connectivity index (χ2v) is 11.3. The molecule has 0 bridgehead atoms. The molecule has 0 N–H and O–H groups in total. The average molecular weight is 557 g/mol. The molecule has 0 unspecified atom stereocenters. The highest BCUT2D eigenvalue weighted by Gasteiger charge is 2.27. The second kappa shape index (κ2) is 11.6. The highest BCUT2D eigenvalue weighted by atomic mass is 32.2. The summed E-state index contributed by atoms with van der Waals surface area (Å²) in [4.78, 5) is 27.7. The second-order valence-electron chi connectivity index (χ2n) is 9.41. The molecule has 5 rings (SSSR count). The van der Waals surface area contributed by atoms with Crippen LogP contribution in [0.5, 0.6) is 0 Å². The summed E-state index contributed by atoms with van der Waals surface area (Å²) in [5.74, 6) is -0.105. The fourth-order valence-electron chi connectivity index (χ4n) is 4.69. The third kappa shape index (κ3) is 5.81. The fourth-order valence-corrected chi connectivity index (χ4v) is 6.14. The predicted molar refractivity (Wildman–Crippen MR) is 154 cm³/mol. The molecule has 1 aliphatic rings. The van der Waals surface area contributed by atoms with Crippen molar-refractivity contribution in [2.45, 2.75) is 11.4 Å². The molecule has 4 aromatic rings. The quantitative estimate of drug-likeness (QED) is 0.225. The zero-order valence-corrected chi connectivity index (χ0v) is 22.5. The number of hydrogen-bond acceptors (Lipinski definition) is 6. The molecule has 0 atom stereocenters. The van der Waals surface area contributed by atoms with Crippen LogP contribution in [-0.2, 0) is 16.6 Å². The lowest BCUT2D eigenvalue weighted by Crippen LogP contribution is -2.48. The Kier molecular flexibility index (Phi) is 7.79. The van der Waals surface area contributed by atoms with E-state index in [0.29, 0.717) is 24.3 Å². The Balaban J connectivity index is 1.36. The number of carbonyl (C=O) groups excluding carboxylic acids is 1. The Labute approximate surface area is 233 Å². The standard InChI is InChI=1S/C30H28N4O5S/c35-30(32-21-19-31(20-22-32)26-9-5-2-6-10-26)25-11-13-27(14-12-25)33(23-24-7-3-1-4-8-24)40(38,39)29-17-15-28(16-18-29)34(36)37/h1-18H,19-23H2. The van der Waals surface area contributed by atoms with Crippen LogP contribution in [0.3, 0.4) is 0 Å². The van der Waals surface area contributed by atoms with Crippen molar-refractivity contribution in [2.75, 3.05) is 35.4 Å². The van der Waals surface area contributed by atoms with Gasteiger partial charge in [0.1, 0.15) is 0 Å². The minimum absolute atomic E-state index is 0.0505. The Morgan fingerprint density at radius 3 is 1.93 bits per heavy atom. The Morgan fingerprint density at radius 1 is 0.775 bits per heavy atom. The lowest BCUT2D eigenvalue weighted by molar-refractivity contribution is -0.384. The zero-order valence-electron chi connectivity index (χ0n) is 21.7. The molecule has 0 spiro atoms. The maximum Gasteiger partial charge on any atom is 0.269 e. The molecule has 1 amide bonds. The van der Waals surface area contributed by atoms with E-state index >= 15 is 0 Å². The first-order valence-corrected chi connectivity index (χ1v) is 14.3. The van der Waals surface area contributed by atoms with Crippen LogP contribution in [-0.4, -0.2) is 50.3 Å². The van der Waals surface area contributed by atoms with Crippen molar-refractivity contribution in [3.05, 3.63) is 130 Å². The molecule has 40 heavy (non-hydrogen) atoms. The molecular weight excluding hydrogens is 528 g/mol. The maximum absolute atomic E-state index is 13.7. The highest BCUT2D eigenvalue weighted by Crippen LogP contribution is 2.28. The van der Waals surface area contributed by atoms with E-state index in [0.717, 1.165) is 24.3 Å². The van der Waals surface area contributed by atoms with Gasteiger partial charge in [0.15, 0.2) is 0 Å². The van der Waals surface area contributed by atoms with E-state index in [1.807, 2.05) is 53.4 Å². The minimum atomic E-state index is -4.07. The summed E-state index contributed by atoms with van der Waals surface area (Å²) in [6.07, 6.45) is 0. The molecule has 10 heteroatoms. The molecule has 1 saturated heterocycles. The number of rotatable bonds is 8. The van der Waals surface area contributed by atoms with Crippen molar-refractivity contribution in [1.82, 2.24) is 4.90 Å². The number of sulfonamides is 1. The summed E-state index contributed by atoms with van der Waals surface area (Å²) in [6, 6.07) is 30.6. The van der Waals surface area contributed by atoms with Crippen LogP contribution < -0.4 is 9.21 Å². The van der Waals surface area contributed by atoms with Crippen LogP contribution in [0.1, 0.15) is 15.9 Å².